The number of ketones is 1. The van der Waals surface area contributed by atoms with Gasteiger partial charge in [-0.25, -0.2) is 0 Å². The fraction of sp³-hybridized carbons (Fsp3) is 0.750. The Morgan fingerprint density at radius 3 is 2.23 bits per heavy atom. The van der Waals surface area contributed by atoms with Gasteiger partial charge in [-0.3, -0.25) is 0 Å². The number of allylic oxidation sites excluding steroid dienone is 1. The quantitative estimate of drug-likeness (QED) is 0.411. The molecule has 76 valence electrons. The zero-order valence-electron chi connectivity index (χ0n) is 9.07. The van der Waals surface area contributed by atoms with E-state index in [1.165, 1.54) is 24.8 Å². The topological polar surface area (TPSA) is 17.1 Å². The Balaban J connectivity index is 3.25. The average molecular weight is 182 g/mol. The van der Waals surface area contributed by atoms with E-state index in [-0.39, 0.29) is 0 Å². The van der Waals surface area contributed by atoms with Crippen molar-refractivity contribution in [1.29, 1.82) is 0 Å². The highest BCUT2D eigenvalue weighted by atomic mass is 16.1. The highest BCUT2D eigenvalue weighted by molar-refractivity contribution is 5.75. The molecule has 0 aliphatic heterocycles. The molecule has 1 nitrogen and oxygen atoms in total. The van der Waals surface area contributed by atoms with Crippen molar-refractivity contribution < 1.29 is 4.79 Å². The molecule has 0 aliphatic carbocycles. The second-order valence-electron chi connectivity index (χ2n) is 3.76. The van der Waals surface area contributed by atoms with E-state index in [1.807, 2.05) is 0 Å². The summed E-state index contributed by atoms with van der Waals surface area (Å²) in [7, 11) is 0. The van der Waals surface area contributed by atoms with Crippen LogP contribution in [0.3, 0.4) is 0 Å². The number of hydrogen-bond acceptors (Lipinski definition) is 1. The van der Waals surface area contributed by atoms with Crippen LogP contribution >= 0.6 is 0 Å². The van der Waals surface area contributed by atoms with E-state index in [0.717, 1.165) is 19.3 Å². The molecule has 0 saturated carbocycles. The molecule has 0 unspecified atom stereocenters. The highest BCUT2D eigenvalue weighted by Gasteiger charge is 1.97. The Hall–Kier alpha value is -0.590. The van der Waals surface area contributed by atoms with Gasteiger partial charge in [0.2, 0.25) is 0 Å². The molecule has 0 saturated heterocycles. The second-order valence-corrected chi connectivity index (χ2v) is 3.76. The van der Waals surface area contributed by atoms with Gasteiger partial charge in [-0.15, -0.1) is 0 Å². The van der Waals surface area contributed by atoms with Crippen molar-refractivity contribution in [2.24, 2.45) is 0 Å². The standard InChI is InChI=1S/C12H22O/c1-4-5-6-8-11(2)9-7-10-12(3)13/h2,4-10H2,1,3H3. The molecule has 0 radical (unpaired) electrons. The number of hydrogen-bond donors (Lipinski definition) is 0. The largest absolute Gasteiger partial charge is 0.300 e. The van der Waals surface area contributed by atoms with Crippen LogP contribution < -0.4 is 0 Å². The van der Waals surface area contributed by atoms with Crippen LogP contribution in [0.25, 0.3) is 0 Å². The molecule has 0 aromatic heterocycles. The first-order valence-corrected chi connectivity index (χ1v) is 5.33. The van der Waals surface area contributed by atoms with Gasteiger partial charge in [-0.1, -0.05) is 31.9 Å². The molecule has 1 heteroatoms. The normalized spacial score (nSPS) is 10.0. The van der Waals surface area contributed by atoms with Crippen LogP contribution in [0.1, 0.15) is 58.8 Å². The van der Waals surface area contributed by atoms with Crippen molar-refractivity contribution in [3.63, 3.8) is 0 Å². The lowest BCUT2D eigenvalue weighted by molar-refractivity contribution is -0.117. The Bertz CT molecular complexity index is 159. The summed E-state index contributed by atoms with van der Waals surface area (Å²) >= 11 is 0. The molecular weight excluding hydrogens is 160 g/mol. The van der Waals surface area contributed by atoms with Gasteiger partial charge in [-0.05, 0) is 32.6 Å². The minimum atomic E-state index is 0.293. The summed E-state index contributed by atoms with van der Waals surface area (Å²) in [5.41, 5.74) is 1.31. The molecule has 0 aromatic rings. The third-order valence-corrected chi connectivity index (χ3v) is 2.19. The maximum absolute atomic E-state index is 10.7. The van der Waals surface area contributed by atoms with Crippen LogP contribution in [-0.2, 0) is 4.79 Å². The van der Waals surface area contributed by atoms with Crippen LogP contribution in [0.15, 0.2) is 12.2 Å². The molecule has 0 bridgehead atoms. The van der Waals surface area contributed by atoms with E-state index >= 15 is 0 Å². The first kappa shape index (κ1) is 12.4. The molecule has 0 amide bonds. The fourth-order valence-corrected chi connectivity index (χ4v) is 1.34. The van der Waals surface area contributed by atoms with Gasteiger partial charge in [0.1, 0.15) is 5.78 Å². The number of unbranched alkanes of at least 4 members (excludes halogenated alkanes) is 2. The van der Waals surface area contributed by atoms with Gasteiger partial charge < -0.3 is 4.79 Å². The summed E-state index contributed by atoms with van der Waals surface area (Å²) < 4.78 is 0. The minimum Gasteiger partial charge on any atom is -0.300 e. The van der Waals surface area contributed by atoms with E-state index in [1.54, 1.807) is 6.92 Å². The summed E-state index contributed by atoms with van der Waals surface area (Å²) in [6.07, 6.45) is 7.70. The summed E-state index contributed by atoms with van der Waals surface area (Å²) in [6.45, 7) is 7.87. The van der Waals surface area contributed by atoms with Crippen LogP contribution in [0.4, 0.5) is 0 Å². The summed E-state index contributed by atoms with van der Waals surface area (Å²) in [5, 5.41) is 0. The van der Waals surface area contributed by atoms with Gasteiger partial charge in [0.05, 0.1) is 0 Å². The van der Waals surface area contributed by atoms with Crippen molar-refractivity contribution in [2.75, 3.05) is 0 Å². The summed E-state index contributed by atoms with van der Waals surface area (Å²) in [5.74, 6) is 0.293. The number of carbonyl (C=O) groups is 1. The molecule has 0 fully saturated rings. The predicted molar refractivity (Wildman–Crippen MR) is 57.8 cm³/mol. The van der Waals surface area contributed by atoms with E-state index in [0.29, 0.717) is 12.2 Å². The summed E-state index contributed by atoms with van der Waals surface area (Å²) in [4.78, 5) is 10.7. The maximum atomic E-state index is 10.7. The van der Waals surface area contributed by atoms with Crippen molar-refractivity contribution in [3.05, 3.63) is 12.2 Å². The van der Waals surface area contributed by atoms with Crippen molar-refractivity contribution in [1.82, 2.24) is 0 Å². The van der Waals surface area contributed by atoms with Crippen LogP contribution in [-0.4, -0.2) is 5.78 Å². The molecule has 0 heterocycles. The van der Waals surface area contributed by atoms with Gasteiger partial charge >= 0.3 is 0 Å². The molecular formula is C12H22O. The van der Waals surface area contributed by atoms with Crippen molar-refractivity contribution in [3.8, 4) is 0 Å². The second kappa shape index (κ2) is 8.03. The average Bonchev–Trinajstić information content (AvgIpc) is 2.04. The predicted octanol–water partition coefficient (Wildman–Crippen LogP) is 3.88. The van der Waals surface area contributed by atoms with Crippen molar-refractivity contribution in [2.45, 2.75) is 58.8 Å². The zero-order valence-corrected chi connectivity index (χ0v) is 9.07. The summed E-state index contributed by atoms with van der Waals surface area (Å²) in [6, 6.07) is 0. The zero-order chi connectivity index (χ0) is 10.1. The Morgan fingerprint density at radius 2 is 1.69 bits per heavy atom. The van der Waals surface area contributed by atoms with Gasteiger partial charge in [0, 0.05) is 6.42 Å². The third-order valence-electron chi connectivity index (χ3n) is 2.19. The number of Topliss-reactive ketones (excluding diaryl/α,β-unsaturated/α-hetero) is 1. The van der Waals surface area contributed by atoms with Gasteiger partial charge in [-0.2, -0.15) is 0 Å². The van der Waals surface area contributed by atoms with E-state index in [4.69, 9.17) is 0 Å². The minimum absolute atomic E-state index is 0.293. The third kappa shape index (κ3) is 9.32. The number of carbonyl (C=O) groups excluding carboxylic acids is 1. The lowest BCUT2D eigenvalue weighted by Crippen LogP contribution is -1.90. The van der Waals surface area contributed by atoms with Crippen LogP contribution in [0.2, 0.25) is 0 Å². The molecule has 0 aromatic carbocycles. The molecule has 13 heavy (non-hydrogen) atoms. The fourth-order valence-electron chi connectivity index (χ4n) is 1.34. The van der Waals surface area contributed by atoms with Crippen LogP contribution in [0.5, 0.6) is 0 Å². The smallest absolute Gasteiger partial charge is 0.129 e. The lowest BCUT2D eigenvalue weighted by Gasteiger charge is -2.03. The van der Waals surface area contributed by atoms with Crippen LogP contribution in [0, 0.1) is 0 Å². The highest BCUT2D eigenvalue weighted by Crippen LogP contribution is 2.13. The van der Waals surface area contributed by atoms with E-state index in [9.17, 15) is 4.79 Å². The van der Waals surface area contributed by atoms with Crippen molar-refractivity contribution >= 4 is 5.78 Å². The van der Waals surface area contributed by atoms with Gasteiger partial charge in [0.25, 0.3) is 0 Å². The molecule has 0 aliphatic rings. The van der Waals surface area contributed by atoms with E-state index in [2.05, 4.69) is 13.5 Å². The monoisotopic (exact) mass is 182 g/mol. The Labute approximate surface area is 82.2 Å². The Morgan fingerprint density at radius 1 is 1.08 bits per heavy atom. The SMILES string of the molecule is C=C(CCCCC)CCCC(C)=O. The maximum Gasteiger partial charge on any atom is 0.129 e. The van der Waals surface area contributed by atoms with E-state index < -0.39 is 0 Å². The first-order valence-electron chi connectivity index (χ1n) is 5.33. The molecule has 0 rings (SSSR count). The number of rotatable bonds is 8. The lowest BCUT2D eigenvalue weighted by atomic mass is 10.0. The Kier molecular flexibility index (Phi) is 7.66. The first-order chi connectivity index (χ1) is 6.16. The van der Waals surface area contributed by atoms with Gasteiger partial charge in [0.15, 0.2) is 0 Å². The molecule has 0 N–H and O–H groups in total. The molecule has 0 spiro atoms. The molecule has 0 atom stereocenters.